The van der Waals surface area contributed by atoms with Crippen LogP contribution in [-0.2, 0) is 9.53 Å². The molecule has 0 unspecified atom stereocenters. The molecule has 0 aromatic heterocycles. The third-order valence-corrected chi connectivity index (χ3v) is 2.97. The minimum atomic E-state index is -1.07. The average Bonchev–Trinajstić information content (AvgIpc) is 2.24. The van der Waals surface area contributed by atoms with Crippen molar-refractivity contribution in [3.63, 3.8) is 0 Å². The molecule has 1 atom stereocenters. The van der Waals surface area contributed by atoms with Gasteiger partial charge in [-0.3, -0.25) is 4.79 Å². The van der Waals surface area contributed by atoms with Crippen LogP contribution in [0.4, 0.5) is 4.79 Å². The van der Waals surface area contributed by atoms with Crippen LogP contribution in [0.2, 0.25) is 10.0 Å². The van der Waals surface area contributed by atoms with Gasteiger partial charge in [0.15, 0.2) is 0 Å². The highest BCUT2D eigenvalue weighted by molar-refractivity contribution is 6.35. The Morgan fingerprint density at radius 2 is 1.95 bits per heavy atom. The van der Waals surface area contributed by atoms with Crippen LogP contribution in [-0.4, -0.2) is 22.8 Å². The first kappa shape index (κ1) is 17.6. The van der Waals surface area contributed by atoms with E-state index in [9.17, 15) is 9.59 Å². The Kier molecular flexibility index (Phi) is 5.87. The van der Waals surface area contributed by atoms with Crippen molar-refractivity contribution < 1.29 is 19.4 Å². The lowest BCUT2D eigenvalue weighted by molar-refractivity contribution is -0.137. The Morgan fingerprint density at radius 3 is 2.43 bits per heavy atom. The van der Waals surface area contributed by atoms with E-state index < -0.39 is 23.7 Å². The molecule has 1 aromatic carbocycles. The monoisotopic (exact) mass is 333 g/mol. The standard InChI is InChI=1S/C14H17Cl2NO4/c1-14(2,3)21-13(20)17-11(7-12(18)19)9-5-4-8(15)6-10(9)16/h4-6,11H,7H2,1-3H3,(H,17,20)(H,18,19)/t11-/m1/s1. The van der Waals surface area contributed by atoms with E-state index in [4.69, 9.17) is 33.0 Å². The number of carbonyl (C=O) groups is 2. The number of carbonyl (C=O) groups excluding carboxylic acids is 1. The third-order valence-electron chi connectivity index (χ3n) is 2.41. The first-order chi connectivity index (χ1) is 9.58. The Labute approximate surface area is 133 Å². The molecular weight excluding hydrogens is 317 g/mol. The average molecular weight is 334 g/mol. The van der Waals surface area contributed by atoms with E-state index >= 15 is 0 Å². The molecule has 5 nitrogen and oxygen atoms in total. The number of benzene rings is 1. The number of amides is 1. The van der Waals surface area contributed by atoms with Gasteiger partial charge in [-0.15, -0.1) is 0 Å². The van der Waals surface area contributed by atoms with Gasteiger partial charge in [0.25, 0.3) is 0 Å². The van der Waals surface area contributed by atoms with Gasteiger partial charge in [0.2, 0.25) is 0 Å². The zero-order valence-corrected chi connectivity index (χ0v) is 13.5. The van der Waals surface area contributed by atoms with E-state index in [2.05, 4.69) is 5.32 Å². The molecule has 0 spiro atoms. The van der Waals surface area contributed by atoms with E-state index in [1.54, 1.807) is 32.9 Å². The largest absolute Gasteiger partial charge is 0.481 e. The normalized spacial score (nSPS) is 12.6. The minimum absolute atomic E-state index is 0.282. The van der Waals surface area contributed by atoms with E-state index in [0.29, 0.717) is 10.6 Å². The first-order valence-electron chi connectivity index (χ1n) is 6.25. The van der Waals surface area contributed by atoms with Crippen molar-refractivity contribution in [1.82, 2.24) is 5.32 Å². The summed E-state index contributed by atoms with van der Waals surface area (Å²) in [5.41, 5.74) is -0.212. The van der Waals surface area contributed by atoms with Gasteiger partial charge in [-0.1, -0.05) is 29.3 Å². The maximum Gasteiger partial charge on any atom is 0.408 e. The maximum absolute atomic E-state index is 11.8. The summed E-state index contributed by atoms with van der Waals surface area (Å²) >= 11 is 11.9. The van der Waals surface area contributed by atoms with Crippen LogP contribution in [0.3, 0.4) is 0 Å². The van der Waals surface area contributed by atoms with Gasteiger partial charge in [0.1, 0.15) is 5.60 Å². The highest BCUT2D eigenvalue weighted by Crippen LogP contribution is 2.28. The first-order valence-corrected chi connectivity index (χ1v) is 7.00. The van der Waals surface area contributed by atoms with Gasteiger partial charge in [0, 0.05) is 10.0 Å². The van der Waals surface area contributed by atoms with Crippen LogP contribution in [0.25, 0.3) is 0 Å². The lowest BCUT2D eigenvalue weighted by Crippen LogP contribution is -2.35. The molecule has 0 saturated heterocycles. The Bertz CT molecular complexity index is 540. The molecule has 0 radical (unpaired) electrons. The molecule has 1 aromatic rings. The molecule has 0 bridgehead atoms. The molecule has 0 saturated carbocycles. The number of aliphatic carboxylic acids is 1. The fraction of sp³-hybridized carbons (Fsp3) is 0.429. The highest BCUT2D eigenvalue weighted by Gasteiger charge is 2.24. The summed E-state index contributed by atoms with van der Waals surface area (Å²) in [4.78, 5) is 22.8. The Balaban J connectivity index is 2.95. The quantitative estimate of drug-likeness (QED) is 0.871. The summed E-state index contributed by atoms with van der Waals surface area (Å²) in [5, 5.41) is 12.2. The predicted molar refractivity (Wildman–Crippen MR) is 80.8 cm³/mol. The van der Waals surface area contributed by atoms with Gasteiger partial charge in [0.05, 0.1) is 12.5 Å². The smallest absolute Gasteiger partial charge is 0.408 e. The third kappa shape index (κ3) is 6.23. The van der Waals surface area contributed by atoms with Crippen molar-refractivity contribution in [2.24, 2.45) is 0 Å². The number of halogens is 2. The zero-order chi connectivity index (χ0) is 16.2. The molecular formula is C14H17Cl2NO4. The fourth-order valence-corrected chi connectivity index (χ4v) is 2.19. The molecule has 0 aliphatic carbocycles. The number of nitrogens with one attached hydrogen (secondary N) is 1. The van der Waals surface area contributed by atoms with Crippen molar-refractivity contribution in [3.8, 4) is 0 Å². The van der Waals surface area contributed by atoms with Crippen molar-refractivity contribution in [2.75, 3.05) is 0 Å². The van der Waals surface area contributed by atoms with Crippen LogP contribution in [0, 0.1) is 0 Å². The summed E-state index contributed by atoms with van der Waals surface area (Å²) in [6.45, 7) is 5.15. The predicted octanol–water partition coefficient (Wildman–Crippen LogP) is 4.03. The molecule has 1 amide bonds. The van der Waals surface area contributed by atoms with Gasteiger partial charge in [-0.2, -0.15) is 0 Å². The second-order valence-corrected chi connectivity index (χ2v) is 6.31. The Morgan fingerprint density at radius 1 is 1.33 bits per heavy atom. The second kappa shape index (κ2) is 7.00. The van der Waals surface area contributed by atoms with Crippen molar-refractivity contribution >= 4 is 35.3 Å². The topological polar surface area (TPSA) is 75.6 Å². The minimum Gasteiger partial charge on any atom is -0.481 e. The molecule has 0 fully saturated rings. The highest BCUT2D eigenvalue weighted by atomic mass is 35.5. The molecule has 116 valence electrons. The molecule has 0 aliphatic heterocycles. The van der Waals surface area contributed by atoms with Crippen LogP contribution < -0.4 is 5.32 Å². The van der Waals surface area contributed by atoms with Crippen LogP contribution in [0.15, 0.2) is 18.2 Å². The second-order valence-electron chi connectivity index (χ2n) is 5.46. The molecule has 1 rings (SSSR count). The number of hydrogen-bond donors (Lipinski definition) is 2. The number of ether oxygens (including phenoxy) is 1. The zero-order valence-electron chi connectivity index (χ0n) is 11.9. The van der Waals surface area contributed by atoms with Crippen LogP contribution in [0.1, 0.15) is 38.8 Å². The van der Waals surface area contributed by atoms with Gasteiger partial charge in [-0.25, -0.2) is 4.79 Å². The summed E-state index contributed by atoms with van der Waals surface area (Å²) in [6.07, 6.45) is -1.03. The van der Waals surface area contributed by atoms with Crippen LogP contribution in [0.5, 0.6) is 0 Å². The van der Waals surface area contributed by atoms with E-state index in [1.807, 2.05) is 0 Å². The SMILES string of the molecule is CC(C)(C)OC(=O)N[C@H](CC(=O)O)c1ccc(Cl)cc1Cl. The molecule has 2 N–H and O–H groups in total. The maximum atomic E-state index is 11.8. The summed E-state index contributed by atoms with van der Waals surface area (Å²) in [6, 6.07) is 3.84. The lowest BCUT2D eigenvalue weighted by atomic mass is 10.0. The summed E-state index contributed by atoms with van der Waals surface area (Å²) in [5.74, 6) is -1.07. The number of alkyl carbamates (subject to hydrolysis) is 1. The van der Waals surface area contributed by atoms with E-state index in [-0.39, 0.29) is 11.4 Å². The van der Waals surface area contributed by atoms with Gasteiger partial charge >= 0.3 is 12.1 Å². The van der Waals surface area contributed by atoms with Crippen molar-refractivity contribution in [3.05, 3.63) is 33.8 Å². The molecule has 7 heteroatoms. The van der Waals surface area contributed by atoms with Crippen molar-refractivity contribution in [1.29, 1.82) is 0 Å². The number of carboxylic acids is 1. The van der Waals surface area contributed by atoms with E-state index in [1.165, 1.54) is 6.07 Å². The van der Waals surface area contributed by atoms with E-state index in [0.717, 1.165) is 0 Å². The summed E-state index contributed by atoms with van der Waals surface area (Å²) < 4.78 is 5.12. The Hall–Kier alpha value is -1.46. The fourth-order valence-electron chi connectivity index (χ4n) is 1.65. The lowest BCUT2D eigenvalue weighted by Gasteiger charge is -2.23. The number of hydrogen-bond acceptors (Lipinski definition) is 3. The summed E-state index contributed by atoms with van der Waals surface area (Å²) in [7, 11) is 0. The molecule has 0 aliphatic rings. The number of carboxylic acid groups (broad SMARTS) is 1. The van der Waals surface area contributed by atoms with Crippen LogP contribution >= 0.6 is 23.2 Å². The van der Waals surface area contributed by atoms with Gasteiger partial charge < -0.3 is 15.2 Å². The number of rotatable bonds is 4. The van der Waals surface area contributed by atoms with Gasteiger partial charge in [-0.05, 0) is 38.5 Å². The molecule has 0 heterocycles. The molecule has 21 heavy (non-hydrogen) atoms. The van der Waals surface area contributed by atoms with Crippen molar-refractivity contribution in [2.45, 2.75) is 38.8 Å².